The van der Waals surface area contributed by atoms with Crippen LogP contribution in [0.3, 0.4) is 0 Å². The minimum atomic E-state index is -1.06. The van der Waals surface area contributed by atoms with Gasteiger partial charge in [0.05, 0.1) is 10.5 Å². The number of hydrogen-bond acceptors (Lipinski definition) is 4. The number of hydrogen-bond donors (Lipinski definition) is 1. The molecular formula is C15H9Cl2F2N5. The van der Waals surface area contributed by atoms with Crippen molar-refractivity contribution in [3.63, 3.8) is 0 Å². The molecule has 0 unspecified atom stereocenters. The van der Waals surface area contributed by atoms with Crippen LogP contribution < -0.4 is 5.32 Å². The van der Waals surface area contributed by atoms with Gasteiger partial charge in [-0.1, -0.05) is 23.2 Å². The normalized spacial score (nSPS) is 10.8. The Morgan fingerprint density at radius 2 is 2.00 bits per heavy atom. The quantitative estimate of drug-likeness (QED) is 0.559. The Kier molecular flexibility index (Phi) is 4.51. The minimum absolute atomic E-state index is 0.0425. The third-order valence-electron chi connectivity index (χ3n) is 3.42. The molecule has 1 N–H and O–H groups in total. The maximum Gasteiger partial charge on any atom is 0.183 e. The van der Waals surface area contributed by atoms with Crippen LogP contribution in [0.4, 0.5) is 14.6 Å². The second-order valence-corrected chi connectivity index (χ2v) is 5.66. The van der Waals surface area contributed by atoms with E-state index in [1.54, 1.807) is 0 Å². The van der Waals surface area contributed by atoms with Gasteiger partial charge in [-0.15, -0.1) is 0 Å². The molecule has 0 bridgehead atoms. The monoisotopic (exact) mass is 367 g/mol. The van der Waals surface area contributed by atoms with Crippen molar-refractivity contribution in [3.8, 4) is 6.07 Å². The lowest BCUT2D eigenvalue weighted by molar-refractivity contribution is 0.511. The Bertz CT molecular complexity index is 965. The summed E-state index contributed by atoms with van der Waals surface area (Å²) in [7, 11) is 0. The minimum Gasteiger partial charge on any atom is -0.368 e. The maximum atomic E-state index is 14.2. The van der Waals surface area contributed by atoms with E-state index in [1.807, 2.05) is 6.07 Å². The molecule has 0 amide bonds. The van der Waals surface area contributed by atoms with E-state index in [1.165, 1.54) is 23.0 Å². The lowest BCUT2D eigenvalue weighted by Gasteiger charge is -2.10. The molecule has 0 atom stereocenters. The van der Waals surface area contributed by atoms with Gasteiger partial charge in [0.25, 0.3) is 0 Å². The summed E-state index contributed by atoms with van der Waals surface area (Å²) >= 11 is 11.7. The second-order valence-electron chi connectivity index (χ2n) is 4.86. The number of nitrogens with one attached hydrogen (secondary N) is 1. The maximum absolute atomic E-state index is 14.2. The van der Waals surface area contributed by atoms with E-state index in [4.69, 9.17) is 23.2 Å². The van der Waals surface area contributed by atoms with Crippen molar-refractivity contribution < 1.29 is 8.78 Å². The molecule has 2 heterocycles. The molecule has 1 aromatic carbocycles. The molecule has 2 aromatic heterocycles. The number of anilines is 1. The van der Waals surface area contributed by atoms with E-state index in [0.29, 0.717) is 12.4 Å². The number of benzene rings is 1. The fraction of sp³-hybridized carbons (Fsp3) is 0.133. The molecule has 122 valence electrons. The van der Waals surface area contributed by atoms with Crippen LogP contribution in [0, 0.1) is 23.0 Å². The van der Waals surface area contributed by atoms with Crippen molar-refractivity contribution >= 4 is 39.9 Å². The SMILES string of the molecule is N#Cc1cc2c(Cl)cc(F)c(F)c2n1CCNc1cc(Cl)ncn1. The molecule has 0 radical (unpaired) electrons. The number of halogens is 4. The summed E-state index contributed by atoms with van der Waals surface area (Å²) in [6, 6.07) is 5.81. The highest BCUT2D eigenvalue weighted by molar-refractivity contribution is 6.35. The van der Waals surface area contributed by atoms with E-state index < -0.39 is 11.6 Å². The summed E-state index contributed by atoms with van der Waals surface area (Å²) in [5.41, 5.74) is 0.137. The van der Waals surface area contributed by atoms with Crippen LogP contribution in [0.25, 0.3) is 10.9 Å². The van der Waals surface area contributed by atoms with E-state index in [9.17, 15) is 14.0 Å². The predicted octanol–water partition coefficient (Wildman–Crippen LogP) is 4.00. The third-order valence-corrected chi connectivity index (χ3v) is 3.93. The highest BCUT2D eigenvalue weighted by Crippen LogP contribution is 2.31. The summed E-state index contributed by atoms with van der Waals surface area (Å²) < 4.78 is 29.2. The van der Waals surface area contributed by atoms with E-state index in [0.717, 1.165) is 6.07 Å². The van der Waals surface area contributed by atoms with Gasteiger partial charge < -0.3 is 9.88 Å². The third kappa shape index (κ3) is 2.98. The van der Waals surface area contributed by atoms with Crippen molar-refractivity contribution in [2.45, 2.75) is 6.54 Å². The van der Waals surface area contributed by atoms with Crippen LogP contribution in [-0.4, -0.2) is 21.1 Å². The topological polar surface area (TPSA) is 66.5 Å². The van der Waals surface area contributed by atoms with Gasteiger partial charge in [0.2, 0.25) is 0 Å². The second kappa shape index (κ2) is 6.59. The lowest BCUT2D eigenvalue weighted by Crippen LogP contribution is -2.13. The molecule has 9 heteroatoms. The Labute approximate surface area is 145 Å². The number of rotatable bonds is 4. The Balaban J connectivity index is 1.92. The molecular weight excluding hydrogens is 359 g/mol. The Morgan fingerprint density at radius 1 is 1.21 bits per heavy atom. The highest BCUT2D eigenvalue weighted by atomic mass is 35.5. The molecule has 24 heavy (non-hydrogen) atoms. The molecule has 0 saturated carbocycles. The average molecular weight is 368 g/mol. The number of nitriles is 1. The first kappa shape index (κ1) is 16.4. The number of nitrogens with zero attached hydrogens (tertiary/aromatic N) is 4. The van der Waals surface area contributed by atoms with Crippen LogP contribution in [0.5, 0.6) is 0 Å². The lowest BCUT2D eigenvalue weighted by atomic mass is 10.2. The van der Waals surface area contributed by atoms with Crippen molar-refractivity contribution in [3.05, 3.63) is 52.0 Å². The summed E-state index contributed by atoms with van der Waals surface area (Å²) in [4.78, 5) is 7.73. The van der Waals surface area contributed by atoms with E-state index >= 15 is 0 Å². The van der Waals surface area contributed by atoms with Crippen molar-refractivity contribution in [2.75, 3.05) is 11.9 Å². The van der Waals surface area contributed by atoms with Gasteiger partial charge in [0, 0.05) is 24.5 Å². The largest absolute Gasteiger partial charge is 0.368 e. The molecule has 0 aliphatic rings. The van der Waals surface area contributed by atoms with Crippen LogP contribution in [0.1, 0.15) is 5.69 Å². The zero-order valence-electron chi connectivity index (χ0n) is 12.0. The van der Waals surface area contributed by atoms with Gasteiger partial charge >= 0.3 is 0 Å². The highest BCUT2D eigenvalue weighted by Gasteiger charge is 2.18. The molecule has 0 spiro atoms. The number of fused-ring (bicyclic) bond motifs is 1. The fourth-order valence-corrected chi connectivity index (χ4v) is 2.77. The predicted molar refractivity (Wildman–Crippen MR) is 87.1 cm³/mol. The van der Waals surface area contributed by atoms with Crippen LogP contribution in [0.15, 0.2) is 24.5 Å². The number of aromatic nitrogens is 3. The molecule has 3 aromatic rings. The summed E-state index contributed by atoms with van der Waals surface area (Å²) in [5, 5.41) is 12.8. The first-order valence-electron chi connectivity index (χ1n) is 6.79. The van der Waals surface area contributed by atoms with Gasteiger partial charge in [-0.25, -0.2) is 18.7 Å². The zero-order chi connectivity index (χ0) is 17.3. The zero-order valence-corrected chi connectivity index (χ0v) is 13.5. The van der Waals surface area contributed by atoms with Crippen molar-refractivity contribution in [2.24, 2.45) is 0 Å². The van der Waals surface area contributed by atoms with Crippen LogP contribution >= 0.6 is 23.2 Å². The van der Waals surface area contributed by atoms with E-state index in [-0.39, 0.29) is 33.3 Å². The average Bonchev–Trinajstić information content (AvgIpc) is 2.92. The summed E-state index contributed by atoms with van der Waals surface area (Å²) in [5.74, 6) is -1.62. The van der Waals surface area contributed by atoms with Crippen molar-refractivity contribution in [1.82, 2.24) is 14.5 Å². The molecule has 0 saturated heterocycles. The summed E-state index contributed by atoms with van der Waals surface area (Å²) in [6.45, 7) is 0.504. The first-order chi connectivity index (χ1) is 11.5. The smallest absolute Gasteiger partial charge is 0.183 e. The Morgan fingerprint density at radius 3 is 2.71 bits per heavy atom. The van der Waals surface area contributed by atoms with Gasteiger partial charge in [-0.2, -0.15) is 5.26 Å². The standard InChI is InChI=1S/C15H9Cl2F2N5/c16-10-4-11(18)14(19)15-9(10)3-8(6-20)24(15)2-1-21-13-5-12(17)22-7-23-13/h3-5,7H,1-2H2,(H,21,22,23). The summed E-state index contributed by atoms with van der Waals surface area (Å²) in [6.07, 6.45) is 1.30. The van der Waals surface area contributed by atoms with Crippen LogP contribution in [-0.2, 0) is 6.54 Å². The molecule has 0 aliphatic carbocycles. The Hall–Kier alpha value is -2.43. The van der Waals surface area contributed by atoms with Gasteiger partial charge in [-0.05, 0) is 12.1 Å². The van der Waals surface area contributed by atoms with Crippen molar-refractivity contribution in [1.29, 1.82) is 5.26 Å². The molecule has 5 nitrogen and oxygen atoms in total. The van der Waals surface area contributed by atoms with Gasteiger partial charge in [0.15, 0.2) is 11.6 Å². The first-order valence-corrected chi connectivity index (χ1v) is 7.55. The van der Waals surface area contributed by atoms with Gasteiger partial charge in [-0.3, -0.25) is 0 Å². The van der Waals surface area contributed by atoms with Gasteiger partial charge in [0.1, 0.15) is 29.1 Å². The fourth-order valence-electron chi connectivity index (χ4n) is 2.38. The molecule has 0 aliphatic heterocycles. The van der Waals surface area contributed by atoms with Crippen LogP contribution in [0.2, 0.25) is 10.2 Å². The molecule has 3 rings (SSSR count). The molecule has 0 fully saturated rings. The van der Waals surface area contributed by atoms with E-state index in [2.05, 4.69) is 15.3 Å².